The summed E-state index contributed by atoms with van der Waals surface area (Å²) in [5.74, 6) is 1.94. The van der Waals surface area contributed by atoms with Gasteiger partial charge in [-0.3, -0.25) is 5.10 Å². The molecule has 0 unspecified atom stereocenters. The van der Waals surface area contributed by atoms with Crippen LogP contribution >= 0.6 is 11.6 Å². The predicted octanol–water partition coefficient (Wildman–Crippen LogP) is 3.33. The molecule has 0 spiro atoms. The number of H-pyrrole nitrogens is 1. The van der Waals surface area contributed by atoms with Crippen LogP contribution < -0.4 is 5.32 Å². The Morgan fingerprint density at radius 3 is 2.79 bits per heavy atom. The van der Waals surface area contributed by atoms with Gasteiger partial charge in [-0.15, -0.1) is 5.10 Å². The van der Waals surface area contributed by atoms with E-state index in [1.807, 2.05) is 30.3 Å². The molecule has 0 saturated heterocycles. The number of rotatable bonds is 4. The number of benzene rings is 1. The molecule has 0 bridgehead atoms. The molecule has 96 valence electrons. The van der Waals surface area contributed by atoms with Crippen molar-refractivity contribution < 1.29 is 4.42 Å². The van der Waals surface area contributed by atoms with Crippen LogP contribution in [0.4, 0.5) is 5.69 Å². The summed E-state index contributed by atoms with van der Waals surface area (Å²) in [7, 11) is 0. The van der Waals surface area contributed by atoms with E-state index in [2.05, 4.69) is 20.5 Å². The first-order chi connectivity index (χ1) is 9.31. The first-order valence-electron chi connectivity index (χ1n) is 5.76. The van der Waals surface area contributed by atoms with Gasteiger partial charge in [-0.1, -0.05) is 11.6 Å². The van der Waals surface area contributed by atoms with Crippen molar-refractivity contribution in [1.29, 1.82) is 0 Å². The Labute approximate surface area is 114 Å². The Morgan fingerprint density at radius 1 is 1.21 bits per heavy atom. The molecule has 0 amide bonds. The first kappa shape index (κ1) is 11.8. The van der Waals surface area contributed by atoms with Crippen molar-refractivity contribution in [2.75, 3.05) is 5.32 Å². The number of aromatic amines is 1. The molecule has 2 N–H and O–H groups in total. The van der Waals surface area contributed by atoms with Gasteiger partial charge in [0.15, 0.2) is 5.76 Å². The highest BCUT2D eigenvalue weighted by atomic mass is 35.5. The maximum Gasteiger partial charge on any atom is 0.216 e. The standard InChI is InChI=1S/C13H11ClN4O/c14-9-3-5-10(6-4-9)15-8-12-16-13(18-17-12)11-2-1-7-19-11/h1-7,15H,8H2,(H,16,17,18). The van der Waals surface area contributed by atoms with Crippen LogP contribution in [0.15, 0.2) is 47.1 Å². The van der Waals surface area contributed by atoms with Gasteiger partial charge in [0.25, 0.3) is 0 Å². The van der Waals surface area contributed by atoms with E-state index >= 15 is 0 Å². The van der Waals surface area contributed by atoms with E-state index in [1.165, 1.54) is 0 Å². The van der Waals surface area contributed by atoms with E-state index in [0.29, 0.717) is 23.2 Å². The smallest absolute Gasteiger partial charge is 0.216 e. The largest absolute Gasteiger partial charge is 0.461 e. The van der Waals surface area contributed by atoms with E-state index in [4.69, 9.17) is 16.0 Å². The second kappa shape index (κ2) is 5.16. The minimum atomic E-state index is 0.551. The molecule has 0 aliphatic rings. The molecule has 5 nitrogen and oxygen atoms in total. The number of nitrogens with zero attached hydrogens (tertiary/aromatic N) is 2. The Hall–Kier alpha value is -2.27. The highest BCUT2D eigenvalue weighted by molar-refractivity contribution is 6.30. The molecule has 2 heterocycles. The summed E-state index contributed by atoms with van der Waals surface area (Å²) in [5, 5.41) is 10.9. The zero-order valence-electron chi connectivity index (χ0n) is 9.93. The Balaban J connectivity index is 1.66. The lowest BCUT2D eigenvalue weighted by Crippen LogP contribution is -2.00. The van der Waals surface area contributed by atoms with Gasteiger partial charge in [-0.25, -0.2) is 4.98 Å². The Bertz CT molecular complexity index is 646. The lowest BCUT2D eigenvalue weighted by atomic mass is 10.3. The summed E-state index contributed by atoms with van der Waals surface area (Å²) in [6.45, 7) is 0.551. The maximum absolute atomic E-state index is 5.82. The van der Waals surface area contributed by atoms with Crippen molar-refractivity contribution in [3.63, 3.8) is 0 Å². The monoisotopic (exact) mass is 274 g/mol. The fraction of sp³-hybridized carbons (Fsp3) is 0.0769. The van der Waals surface area contributed by atoms with Crippen molar-refractivity contribution in [1.82, 2.24) is 15.2 Å². The SMILES string of the molecule is Clc1ccc(NCc2nc(-c3ccco3)n[nH]2)cc1. The van der Waals surface area contributed by atoms with E-state index in [9.17, 15) is 0 Å². The number of hydrogen-bond donors (Lipinski definition) is 2. The van der Waals surface area contributed by atoms with Crippen LogP contribution in [0, 0.1) is 0 Å². The van der Waals surface area contributed by atoms with Crippen molar-refractivity contribution >= 4 is 17.3 Å². The van der Waals surface area contributed by atoms with Crippen molar-refractivity contribution in [2.24, 2.45) is 0 Å². The second-order valence-electron chi connectivity index (χ2n) is 3.94. The van der Waals surface area contributed by atoms with Gasteiger partial charge in [-0.2, -0.15) is 0 Å². The topological polar surface area (TPSA) is 66.7 Å². The molecule has 0 fully saturated rings. The van der Waals surface area contributed by atoms with Gasteiger partial charge in [-0.05, 0) is 36.4 Å². The number of nitrogens with one attached hydrogen (secondary N) is 2. The summed E-state index contributed by atoms with van der Waals surface area (Å²) in [5.41, 5.74) is 0.973. The van der Waals surface area contributed by atoms with Gasteiger partial charge >= 0.3 is 0 Å². The molecule has 6 heteroatoms. The van der Waals surface area contributed by atoms with E-state index in [-0.39, 0.29) is 0 Å². The van der Waals surface area contributed by atoms with Gasteiger partial charge < -0.3 is 9.73 Å². The van der Waals surface area contributed by atoms with Gasteiger partial charge in [0.1, 0.15) is 5.82 Å². The first-order valence-corrected chi connectivity index (χ1v) is 6.14. The maximum atomic E-state index is 5.82. The molecular weight excluding hydrogens is 264 g/mol. The van der Waals surface area contributed by atoms with Gasteiger partial charge in [0.2, 0.25) is 5.82 Å². The predicted molar refractivity (Wildman–Crippen MR) is 72.9 cm³/mol. The van der Waals surface area contributed by atoms with Crippen LogP contribution in [0.3, 0.4) is 0 Å². The molecule has 3 rings (SSSR count). The van der Waals surface area contributed by atoms with Gasteiger partial charge in [0, 0.05) is 10.7 Å². The lowest BCUT2D eigenvalue weighted by molar-refractivity contribution is 0.577. The third-order valence-electron chi connectivity index (χ3n) is 2.58. The Kier molecular flexibility index (Phi) is 3.20. The van der Waals surface area contributed by atoms with Crippen LogP contribution in [-0.4, -0.2) is 15.2 Å². The minimum Gasteiger partial charge on any atom is -0.461 e. The summed E-state index contributed by atoms with van der Waals surface area (Å²) in [4.78, 5) is 4.34. The fourth-order valence-electron chi connectivity index (χ4n) is 1.64. The molecule has 0 aliphatic carbocycles. The van der Waals surface area contributed by atoms with Gasteiger partial charge in [0.05, 0.1) is 12.8 Å². The van der Waals surface area contributed by atoms with Crippen molar-refractivity contribution in [3.05, 3.63) is 53.5 Å². The summed E-state index contributed by atoms with van der Waals surface area (Å²) in [6, 6.07) is 11.1. The quantitative estimate of drug-likeness (QED) is 0.766. The van der Waals surface area contributed by atoms with Crippen LogP contribution in [0.5, 0.6) is 0 Å². The van der Waals surface area contributed by atoms with Crippen LogP contribution in [0.25, 0.3) is 11.6 Å². The normalized spacial score (nSPS) is 10.6. The van der Waals surface area contributed by atoms with Crippen LogP contribution in [0.1, 0.15) is 5.82 Å². The molecule has 0 radical (unpaired) electrons. The number of furan rings is 1. The van der Waals surface area contributed by atoms with Crippen LogP contribution in [0.2, 0.25) is 5.02 Å². The third kappa shape index (κ3) is 2.77. The molecule has 19 heavy (non-hydrogen) atoms. The minimum absolute atomic E-state index is 0.551. The molecule has 2 aromatic heterocycles. The lowest BCUT2D eigenvalue weighted by Gasteiger charge is -2.03. The molecule has 0 aliphatic heterocycles. The third-order valence-corrected chi connectivity index (χ3v) is 2.83. The highest BCUT2D eigenvalue weighted by Crippen LogP contribution is 2.16. The van der Waals surface area contributed by atoms with E-state index in [1.54, 1.807) is 12.3 Å². The Morgan fingerprint density at radius 2 is 2.05 bits per heavy atom. The second-order valence-corrected chi connectivity index (χ2v) is 4.38. The molecule has 0 atom stereocenters. The molecular formula is C13H11ClN4O. The summed E-state index contributed by atoms with van der Waals surface area (Å²) < 4.78 is 5.23. The summed E-state index contributed by atoms with van der Waals surface area (Å²) >= 11 is 5.82. The number of aromatic nitrogens is 3. The van der Waals surface area contributed by atoms with Crippen molar-refractivity contribution in [3.8, 4) is 11.6 Å². The molecule has 0 saturated carbocycles. The molecule has 1 aromatic carbocycles. The number of halogens is 1. The average Bonchev–Trinajstić information content (AvgIpc) is 3.09. The zero-order valence-corrected chi connectivity index (χ0v) is 10.7. The number of hydrogen-bond acceptors (Lipinski definition) is 4. The average molecular weight is 275 g/mol. The van der Waals surface area contributed by atoms with E-state index in [0.717, 1.165) is 11.5 Å². The van der Waals surface area contributed by atoms with Crippen LogP contribution in [-0.2, 0) is 6.54 Å². The number of anilines is 1. The molecule has 3 aromatic rings. The fourth-order valence-corrected chi connectivity index (χ4v) is 1.77. The van der Waals surface area contributed by atoms with Crippen molar-refractivity contribution in [2.45, 2.75) is 6.54 Å². The van der Waals surface area contributed by atoms with E-state index < -0.39 is 0 Å². The zero-order chi connectivity index (χ0) is 13.1. The highest BCUT2D eigenvalue weighted by Gasteiger charge is 2.07. The summed E-state index contributed by atoms with van der Waals surface area (Å²) in [6.07, 6.45) is 1.59.